The van der Waals surface area contributed by atoms with Crippen LogP contribution in [0.2, 0.25) is 0 Å². The van der Waals surface area contributed by atoms with Gasteiger partial charge in [-0.2, -0.15) is 8.42 Å². The molecule has 2 aliphatic heterocycles. The first-order chi connectivity index (χ1) is 7.61. The minimum absolute atomic E-state index is 0.0330. The summed E-state index contributed by atoms with van der Waals surface area (Å²) in [4.78, 5) is 0. The summed E-state index contributed by atoms with van der Waals surface area (Å²) in [6, 6.07) is 0.412. The molecule has 17 heavy (non-hydrogen) atoms. The summed E-state index contributed by atoms with van der Waals surface area (Å²) in [5, 5.41) is 3.68. The van der Waals surface area contributed by atoms with Crippen LogP contribution in [0.5, 0.6) is 0 Å². The molecule has 0 saturated carbocycles. The molecule has 2 heterocycles. The van der Waals surface area contributed by atoms with Crippen molar-refractivity contribution in [1.82, 2.24) is 5.32 Å². The highest BCUT2D eigenvalue weighted by atomic mass is 32.2. The second-order valence-electron chi connectivity index (χ2n) is 6.57. The van der Waals surface area contributed by atoms with Crippen LogP contribution in [0.15, 0.2) is 0 Å². The SMILES string of the molecule is CC(C)(C)[C@@]12CC[C@@H](C[C@H](OS(C)(=O)=O)C1)N2. The van der Waals surface area contributed by atoms with E-state index in [-0.39, 0.29) is 17.1 Å². The lowest BCUT2D eigenvalue weighted by Gasteiger charge is -2.47. The number of rotatable bonds is 2. The van der Waals surface area contributed by atoms with Crippen LogP contribution < -0.4 is 5.32 Å². The molecule has 0 radical (unpaired) electrons. The van der Waals surface area contributed by atoms with Gasteiger partial charge in [0, 0.05) is 11.6 Å². The van der Waals surface area contributed by atoms with Crippen LogP contribution in [-0.2, 0) is 14.3 Å². The van der Waals surface area contributed by atoms with E-state index in [1.54, 1.807) is 0 Å². The van der Waals surface area contributed by atoms with Gasteiger partial charge in [0.05, 0.1) is 12.4 Å². The molecule has 2 fully saturated rings. The van der Waals surface area contributed by atoms with Crippen molar-refractivity contribution >= 4 is 10.1 Å². The molecular weight excluding hydrogens is 238 g/mol. The Hall–Kier alpha value is -0.130. The van der Waals surface area contributed by atoms with E-state index in [1.807, 2.05) is 0 Å². The summed E-state index contributed by atoms with van der Waals surface area (Å²) in [7, 11) is -3.34. The lowest BCUT2D eigenvalue weighted by molar-refractivity contribution is 0.0462. The largest absolute Gasteiger partial charge is 0.308 e. The van der Waals surface area contributed by atoms with E-state index in [1.165, 1.54) is 0 Å². The first-order valence-corrected chi connectivity index (χ1v) is 8.09. The number of hydrogen-bond acceptors (Lipinski definition) is 4. The van der Waals surface area contributed by atoms with Gasteiger partial charge in [-0.15, -0.1) is 0 Å². The van der Waals surface area contributed by atoms with E-state index >= 15 is 0 Å². The molecule has 100 valence electrons. The minimum atomic E-state index is -3.34. The van der Waals surface area contributed by atoms with Gasteiger partial charge in [0.25, 0.3) is 10.1 Å². The summed E-state index contributed by atoms with van der Waals surface area (Å²) in [5.74, 6) is 0. The fourth-order valence-electron chi connectivity index (χ4n) is 3.30. The zero-order valence-corrected chi connectivity index (χ0v) is 11.9. The van der Waals surface area contributed by atoms with E-state index in [0.29, 0.717) is 6.04 Å². The summed E-state index contributed by atoms with van der Waals surface area (Å²) in [5.41, 5.74) is 0.159. The van der Waals surface area contributed by atoms with Crippen LogP contribution in [0.1, 0.15) is 46.5 Å². The predicted octanol–water partition coefficient (Wildman–Crippen LogP) is 1.66. The maximum atomic E-state index is 11.2. The minimum Gasteiger partial charge on any atom is -0.308 e. The molecule has 0 aromatic rings. The molecule has 0 amide bonds. The zero-order chi connectivity index (χ0) is 12.9. The van der Waals surface area contributed by atoms with Crippen molar-refractivity contribution in [1.29, 1.82) is 0 Å². The third-order valence-electron chi connectivity index (χ3n) is 4.27. The number of nitrogens with one attached hydrogen (secondary N) is 1. The maximum Gasteiger partial charge on any atom is 0.264 e. The Bertz CT molecular complexity index is 398. The molecule has 2 saturated heterocycles. The molecule has 0 spiro atoms. The van der Waals surface area contributed by atoms with Crippen LogP contribution in [0.4, 0.5) is 0 Å². The maximum absolute atomic E-state index is 11.2. The second kappa shape index (κ2) is 3.93. The fourth-order valence-corrected chi connectivity index (χ4v) is 3.94. The molecule has 0 unspecified atom stereocenters. The quantitative estimate of drug-likeness (QED) is 0.768. The Morgan fingerprint density at radius 1 is 1.35 bits per heavy atom. The molecule has 4 nitrogen and oxygen atoms in total. The number of piperidine rings is 1. The van der Waals surface area contributed by atoms with Crippen molar-refractivity contribution < 1.29 is 12.6 Å². The highest BCUT2D eigenvalue weighted by Crippen LogP contribution is 2.47. The lowest BCUT2D eigenvalue weighted by atomic mass is 9.69. The van der Waals surface area contributed by atoms with Crippen molar-refractivity contribution in [3.63, 3.8) is 0 Å². The van der Waals surface area contributed by atoms with Crippen molar-refractivity contribution in [2.45, 2.75) is 64.1 Å². The molecule has 3 atom stereocenters. The van der Waals surface area contributed by atoms with Gasteiger partial charge in [-0.05, 0) is 31.1 Å². The smallest absolute Gasteiger partial charge is 0.264 e. The van der Waals surface area contributed by atoms with Gasteiger partial charge < -0.3 is 5.32 Å². The first-order valence-electron chi connectivity index (χ1n) is 6.27. The fraction of sp³-hybridized carbons (Fsp3) is 1.00. The molecule has 0 aromatic carbocycles. The van der Waals surface area contributed by atoms with E-state index in [0.717, 1.165) is 31.9 Å². The second-order valence-corrected chi connectivity index (χ2v) is 8.17. The van der Waals surface area contributed by atoms with E-state index in [9.17, 15) is 8.42 Å². The molecule has 0 aliphatic carbocycles. The van der Waals surface area contributed by atoms with Crippen molar-refractivity contribution in [3.8, 4) is 0 Å². The molecule has 5 heteroatoms. The predicted molar refractivity (Wildman–Crippen MR) is 67.3 cm³/mol. The molecule has 2 bridgehead atoms. The number of fused-ring (bicyclic) bond motifs is 2. The normalized spacial score (nSPS) is 38.4. The Labute approximate surface area is 104 Å². The number of hydrogen-bond donors (Lipinski definition) is 1. The monoisotopic (exact) mass is 261 g/mol. The zero-order valence-electron chi connectivity index (χ0n) is 11.1. The van der Waals surface area contributed by atoms with Crippen molar-refractivity contribution in [3.05, 3.63) is 0 Å². The van der Waals surface area contributed by atoms with Crippen molar-refractivity contribution in [2.24, 2.45) is 5.41 Å². The van der Waals surface area contributed by atoms with Gasteiger partial charge in [0.2, 0.25) is 0 Å². The highest BCUT2D eigenvalue weighted by molar-refractivity contribution is 7.86. The lowest BCUT2D eigenvalue weighted by Crippen LogP contribution is -2.58. The Kier molecular flexibility index (Phi) is 3.08. The van der Waals surface area contributed by atoms with Gasteiger partial charge in [-0.1, -0.05) is 20.8 Å². The summed E-state index contributed by atoms with van der Waals surface area (Å²) >= 11 is 0. The van der Waals surface area contributed by atoms with Gasteiger partial charge in [-0.25, -0.2) is 0 Å². The van der Waals surface area contributed by atoms with Gasteiger partial charge >= 0.3 is 0 Å². The molecule has 1 N–H and O–H groups in total. The van der Waals surface area contributed by atoms with Crippen LogP contribution in [0.25, 0.3) is 0 Å². The summed E-state index contributed by atoms with van der Waals surface area (Å²) in [6.07, 6.45) is 4.83. The van der Waals surface area contributed by atoms with E-state index < -0.39 is 10.1 Å². The third kappa shape index (κ3) is 2.66. The Morgan fingerprint density at radius 3 is 2.53 bits per heavy atom. The van der Waals surface area contributed by atoms with Gasteiger partial charge in [0.15, 0.2) is 0 Å². The van der Waals surface area contributed by atoms with Crippen LogP contribution in [0, 0.1) is 5.41 Å². The van der Waals surface area contributed by atoms with Crippen molar-refractivity contribution in [2.75, 3.05) is 6.26 Å². The average molecular weight is 261 g/mol. The van der Waals surface area contributed by atoms with E-state index in [4.69, 9.17) is 4.18 Å². The average Bonchev–Trinajstić information content (AvgIpc) is 2.39. The third-order valence-corrected chi connectivity index (χ3v) is 4.89. The standard InChI is InChI=1S/C12H23NO3S/c1-11(2,3)12-6-5-9(13-12)7-10(8-12)16-17(4,14)15/h9-10,13H,5-8H2,1-4H3/t9-,10-,12+/m0/s1. The Balaban J connectivity index is 2.17. The van der Waals surface area contributed by atoms with Gasteiger partial charge in [-0.3, -0.25) is 4.18 Å². The topological polar surface area (TPSA) is 55.4 Å². The van der Waals surface area contributed by atoms with Crippen LogP contribution in [0.3, 0.4) is 0 Å². The molecule has 0 aromatic heterocycles. The molecular formula is C12H23NO3S. The Morgan fingerprint density at radius 2 is 2.00 bits per heavy atom. The van der Waals surface area contributed by atoms with E-state index in [2.05, 4.69) is 26.1 Å². The molecule has 2 rings (SSSR count). The van der Waals surface area contributed by atoms with Crippen LogP contribution in [-0.4, -0.2) is 32.4 Å². The van der Waals surface area contributed by atoms with Crippen LogP contribution >= 0.6 is 0 Å². The summed E-state index contributed by atoms with van der Waals surface area (Å²) in [6.45, 7) is 6.64. The highest BCUT2D eigenvalue weighted by Gasteiger charge is 2.52. The first kappa shape index (κ1) is 13.3. The molecule has 2 aliphatic rings. The van der Waals surface area contributed by atoms with Gasteiger partial charge in [0.1, 0.15) is 0 Å². The summed E-state index contributed by atoms with van der Waals surface area (Å²) < 4.78 is 27.7.